The average molecular weight is 238 g/mol. The third kappa shape index (κ3) is 2.59. The molecule has 1 fully saturated rings. The van der Waals surface area contributed by atoms with E-state index in [1.54, 1.807) is 0 Å². The van der Waals surface area contributed by atoms with Gasteiger partial charge in [-0.1, -0.05) is 36.4 Å². The predicted octanol–water partition coefficient (Wildman–Crippen LogP) is 3.07. The molecule has 3 rings (SSSR count). The molecule has 1 aliphatic rings. The second kappa shape index (κ2) is 5.32. The van der Waals surface area contributed by atoms with Gasteiger partial charge in [-0.15, -0.1) is 0 Å². The van der Waals surface area contributed by atoms with Gasteiger partial charge >= 0.3 is 0 Å². The van der Waals surface area contributed by atoms with Gasteiger partial charge in [0.2, 0.25) is 0 Å². The van der Waals surface area contributed by atoms with Crippen LogP contribution in [-0.4, -0.2) is 23.0 Å². The predicted molar refractivity (Wildman–Crippen MR) is 73.3 cm³/mol. The van der Waals surface area contributed by atoms with Crippen LogP contribution in [0.15, 0.2) is 54.9 Å². The third-order valence-corrected chi connectivity index (χ3v) is 3.67. The maximum atomic E-state index is 4.18. The number of aromatic nitrogens is 1. The molecule has 1 saturated heterocycles. The highest BCUT2D eigenvalue weighted by atomic mass is 15.1. The summed E-state index contributed by atoms with van der Waals surface area (Å²) in [7, 11) is 0. The van der Waals surface area contributed by atoms with Crippen LogP contribution in [0.5, 0.6) is 0 Å². The van der Waals surface area contributed by atoms with E-state index >= 15 is 0 Å². The second-order valence-electron chi connectivity index (χ2n) is 4.99. The van der Waals surface area contributed by atoms with Gasteiger partial charge in [0.25, 0.3) is 0 Å². The van der Waals surface area contributed by atoms with Crippen molar-refractivity contribution in [3.05, 3.63) is 66.0 Å². The molecule has 0 amide bonds. The molecule has 0 N–H and O–H groups in total. The Morgan fingerprint density at radius 3 is 2.78 bits per heavy atom. The molecule has 92 valence electrons. The van der Waals surface area contributed by atoms with Gasteiger partial charge in [-0.3, -0.25) is 9.88 Å². The highest BCUT2D eigenvalue weighted by molar-refractivity contribution is 5.21. The molecule has 0 saturated carbocycles. The van der Waals surface area contributed by atoms with E-state index < -0.39 is 0 Å². The normalized spacial score (nSPS) is 20.1. The molecular weight excluding hydrogens is 220 g/mol. The topological polar surface area (TPSA) is 16.1 Å². The first-order valence-electron chi connectivity index (χ1n) is 6.58. The van der Waals surface area contributed by atoms with E-state index in [1.807, 2.05) is 18.5 Å². The first-order valence-corrected chi connectivity index (χ1v) is 6.58. The van der Waals surface area contributed by atoms with Crippen LogP contribution in [0.3, 0.4) is 0 Å². The van der Waals surface area contributed by atoms with E-state index in [4.69, 9.17) is 0 Å². The largest absolute Gasteiger partial charge is 0.298 e. The van der Waals surface area contributed by atoms with Gasteiger partial charge in [-0.2, -0.15) is 0 Å². The van der Waals surface area contributed by atoms with Crippen LogP contribution in [0, 0.1) is 0 Å². The van der Waals surface area contributed by atoms with Crippen LogP contribution in [0.25, 0.3) is 0 Å². The molecule has 1 aromatic heterocycles. The lowest BCUT2D eigenvalue weighted by Gasteiger charge is -2.16. The number of hydrogen-bond acceptors (Lipinski definition) is 2. The first kappa shape index (κ1) is 11.4. The number of likely N-dealkylation sites (tertiary alicyclic amines) is 1. The van der Waals surface area contributed by atoms with Crippen LogP contribution in [-0.2, 0) is 6.54 Å². The molecule has 2 heterocycles. The molecule has 0 unspecified atom stereocenters. The van der Waals surface area contributed by atoms with Crippen molar-refractivity contribution in [1.29, 1.82) is 0 Å². The summed E-state index contributed by atoms with van der Waals surface area (Å²) in [5.41, 5.74) is 2.79. The van der Waals surface area contributed by atoms with Crippen molar-refractivity contribution in [2.75, 3.05) is 13.1 Å². The van der Waals surface area contributed by atoms with E-state index in [2.05, 4.69) is 46.3 Å². The van der Waals surface area contributed by atoms with Crippen LogP contribution < -0.4 is 0 Å². The van der Waals surface area contributed by atoms with Gasteiger partial charge in [-0.25, -0.2) is 0 Å². The smallest absolute Gasteiger partial charge is 0.0312 e. The minimum Gasteiger partial charge on any atom is -0.298 e. The highest BCUT2D eigenvalue weighted by Crippen LogP contribution is 2.27. The molecular formula is C16H18N2. The lowest BCUT2D eigenvalue weighted by Crippen LogP contribution is -2.19. The summed E-state index contributed by atoms with van der Waals surface area (Å²) >= 11 is 0. The second-order valence-corrected chi connectivity index (χ2v) is 4.99. The maximum Gasteiger partial charge on any atom is 0.0312 e. The Morgan fingerprint density at radius 2 is 2.00 bits per heavy atom. The Balaban J connectivity index is 1.62. The molecule has 2 heteroatoms. The Morgan fingerprint density at radius 1 is 1.11 bits per heavy atom. The molecule has 0 radical (unpaired) electrons. The van der Waals surface area contributed by atoms with Crippen molar-refractivity contribution in [3.8, 4) is 0 Å². The van der Waals surface area contributed by atoms with Gasteiger partial charge in [0.15, 0.2) is 0 Å². The van der Waals surface area contributed by atoms with Gasteiger partial charge in [0, 0.05) is 25.5 Å². The molecule has 1 aromatic carbocycles. The Hall–Kier alpha value is -1.67. The molecule has 2 aromatic rings. The molecule has 0 bridgehead atoms. The zero-order valence-electron chi connectivity index (χ0n) is 10.5. The van der Waals surface area contributed by atoms with Gasteiger partial charge in [0.05, 0.1) is 0 Å². The van der Waals surface area contributed by atoms with Gasteiger partial charge in [-0.05, 0) is 36.1 Å². The van der Waals surface area contributed by atoms with Crippen LogP contribution >= 0.6 is 0 Å². The van der Waals surface area contributed by atoms with Crippen LogP contribution in [0.4, 0.5) is 0 Å². The number of hydrogen-bond donors (Lipinski definition) is 0. The Labute approximate surface area is 108 Å². The summed E-state index contributed by atoms with van der Waals surface area (Å²) in [5, 5.41) is 0. The lowest BCUT2D eigenvalue weighted by molar-refractivity contribution is 0.326. The zero-order valence-corrected chi connectivity index (χ0v) is 10.5. The van der Waals surface area contributed by atoms with Crippen LogP contribution in [0.2, 0.25) is 0 Å². The lowest BCUT2D eigenvalue weighted by atomic mass is 9.99. The highest BCUT2D eigenvalue weighted by Gasteiger charge is 2.23. The molecule has 2 nitrogen and oxygen atoms in total. The molecule has 1 aliphatic heterocycles. The van der Waals surface area contributed by atoms with E-state index in [1.165, 1.54) is 30.6 Å². The number of nitrogens with zero attached hydrogens (tertiary/aromatic N) is 2. The van der Waals surface area contributed by atoms with Crippen molar-refractivity contribution in [2.24, 2.45) is 0 Å². The fraction of sp³-hybridized carbons (Fsp3) is 0.312. The average Bonchev–Trinajstić information content (AvgIpc) is 2.89. The van der Waals surface area contributed by atoms with Crippen molar-refractivity contribution in [2.45, 2.75) is 18.9 Å². The third-order valence-electron chi connectivity index (χ3n) is 3.67. The SMILES string of the molecule is c1ccc([C@H]2CCN(Cc3cccnc3)C2)cc1. The monoisotopic (exact) mass is 238 g/mol. The van der Waals surface area contributed by atoms with Crippen molar-refractivity contribution >= 4 is 0 Å². The van der Waals surface area contributed by atoms with E-state index in [9.17, 15) is 0 Å². The summed E-state index contributed by atoms with van der Waals surface area (Å²) in [6.45, 7) is 3.38. The number of benzene rings is 1. The van der Waals surface area contributed by atoms with Crippen molar-refractivity contribution < 1.29 is 0 Å². The fourth-order valence-electron chi connectivity index (χ4n) is 2.72. The van der Waals surface area contributed by atoms with Crippen molar-refractivity contribution in [1.82, 2.24) is 9.88 Å². The fourth-order valence-corrected chi connectivity index (χ4v) is 2.72. The minimum atomic E-state index is 0.697. The van der Waals surface area contributed by atoms with Crippen LogP contribution in [0.1, 0.15) is 23.5 Å². The molecule has 1 atom stereocenters. The molecule has 0 aliphatic carbocycles. The van der Waals surface area contributed by atoms with Gasteiger partial charge in [0.1, 0.15) is 0 Å². The summed E-state index contributed by atoms with van der Waals surface area (Å²) in [6, 6.07) is 15.0. The summed E-state index contributed by atoms with van der Waals surface area (Å²) in [6.07, 6.45) is 5.07. The first-order chi connectivity index (χ1) is 8.92. The van der Waals surface area contributed by atoms with E-state index in [-0.39, 0.29) is 0 Å². The zero-order chi connectivity index (χ0) is 12.2. The van der Waals surface area contributed by atoms with Crippen molar-refractivity contribution in [3.63, 3.8) is 0 Å². The number of pyridine rings is 1. The van der Waals surface area contributed by atoms with Gasteiger partial charge < -0.3 is 0 Å². The van der Waals surface area contributed by atoms with E-state index in [0.29, 0.717) is 5.92 Å². The summed E-state index contributed by atoms with van der Waals surface area (Å²) in [5.74, 6) is 0.697. The number of rotatable bonds is 3. The Bertz CT molecular complexity index is 481. The maximum absolute atomic E-state index is 4.18. The quantitative estimate of drug-likeness (QED) is 0.817. The summed E-state index contributed by atoms with van der Waals surface area (Å²) < 4.78 is 0. The Kier molecular flexibility index (Phi) is 3.37. The standard InChI is InChI=1S/C16H18N2/c1-2-6-15(7-3-1)16-8-10-18(13-16)12-14-5-4-9-17-11-14/h1-7,9,11,16H,8,10,12-13H2/t16-/m0/s1. The summed E-state index contributed by atoms with van der Waals surface area (Å²) in [4.78, 5) is 6.70. The molecule has 0 spiro atoms. The molecule has 18 heavy (non-hydrogen) atoms. The minimum absolute atomic E-state index is 0.697. The van der Waals surface area contributed by atoms with E-state index in [0.717, 1.165) is 6.54 Å².